The van der Waals surface area contributed by atoms with E-state index in [0.717, 1.165) is 27.3 Å². The molecule has 0 aliphatic carbocycles. The van der Waals surface area contributed by atoms with Crippen LogP contribution in [0, 0.1) is 0 Å². The molecule has 2 rings (SSSR count). The first kappa shape index (κ1) is 17.5. The van der Waals surface area contributed by atoms with Gasteiger partial charge in [-0.25, -0.2) is 0 Å². The first-order chi connectivity index (χ1) is 10.1. The molecule has 3 heteroatoms. The molecule has 0 bridgehead atoms. The van der Waals surface area contributed by atoms with Gasteiger partial charge in [-0.05, 0) is 42.0 Å². The Morgan fingerprint density at radius 2 is 1.52 bits per heavy atom. The molecule has 0 atom stereocenters. The Hall–Kier alpha value is -1.58. The van der Waals surface area contributed by atoms with Crippen molar-refractivity contribution >= 4 is 28.8 Å². The lowest BCUT2D eigenvalue weighted by atomic mass is 10.0. The van der Waals surface area contributed by atoms with Crippen molar-refractivity contribution in [3.8, 4) is 16.9 Å². The van der Waals surface area contributed by atoms with E-state index in [1.807, 2.05) is 19.1 Å². The lowest BCUT2D eigenvalue weighted by molar-refractivity contribution is 0.475. The number of phenolic OH excluding ortho intramolecular Hbond substituents is 1. The number of phenols is 1. The molecule has 0 saturated heterocycles. The molecule has 0 aliphatic heterocycles. The fraction of sp³-hybridized carbons (Fsp3) is 0.167. The number of thioether (sulfide) groups is 1. The van der Waals surface area contributed by atoms with Gasteiger partial charge in [0, 0.05) is 10.6 Å². The first-order valence-electron chi connectivity index (χ1n) is 6.61. The zero-order valence-corrected chi connectivity index (χ0v) is 14.0. The van der Waals surface area contributed by atoms with E-state index in [4.69, 9.17) is 12.2 Å². The van der Waals surface area contributed by atoms with Crippen molar-refractivity contribution in [3.05, 3.63) is 66.7 Å². The van der Waals surface area contributed by atoms with Crippen LogP contribution in [-0.4, -0.2) is 22.0 Å². The minimum absolute atomic E-state index is 0.288. The van der Waals surface area contributed by atoms with Crippen LogP contribution in [0.15, 0.2) is 61.2 Å². The summed E-state index contributed by atoms with van der Waals surface area (Å²) in [6.07, 6.45) is 3.80. The minimum Gasteiger partial charge on any atom is -0.508 e. The third-order valence-corrected chi connectivity index (χ3v) is 3.82. The van der Waals surface area contributed by atoms with E-state index in [1.54, 1.807) is 30.0 Å². The van der Waals surface area contributed by atoms with Crippen LogP contribution in [0.3, 0.4) is 0 Å². The smallest absolute Gasteiger partial charge is 0.115 e. The second-order valence-corrected chi connectivity index (χ2v) is 5.75. The summed E-state index contributed by atoms with van der Waals surface area (Å²) in [6, 6.07) is 15.4. The van der Waals surface area contributed by atoms with Crippen molar-refractivity contribution in [2.75, 3.05) is 12.0 Å². The van der Waals surface area contributed by atoms with Crippen LogP contribution in [0.25, 0.3) is 11.1 Å². The summed E-state index contributed by atoms with van der Waals surface area (Å²) in [7, 11) is 0. The van der Waals surface area contributed by atoms with Crippen molar-refractivity contribution in [3.63, 3.8) is 0 Å². The summed E-state index contributed by atoms with van der Waals surface area (Å²) < 4.78 is 0. The van der Waals surface area contributed by atoms with Crippen molar-refractivity contribution in [1.82, 2.24) is 0 Å². The number of hydrogen-bond donors (Lipinski definition) is 1. The molecule has 1 nitrogen and oxygen atoms in total. The standard InChI is InChI=1S/C15H14OS2.C3H6/c1-18-10-15(17)13-4-2-11(3-5-13)12-6-8-14(16)9-7-12;1-3-2/h2-9,16H,10H2,1H3;3H,1H2,2H3. The van der Waals surface area contributed by atoms with Gasteiger partial charge in [0.1, 0.15) is 5.75 Å². The predicted octanol–water partition coefficient (Wildman–Crippen LogP) is 5.33. The topological polar surface area (TPSA) is 20.2 Å². The zero-order valence-electron chi connectivity index (χ0n) is 12.4. The highest BCUT2D eigenvalue weighted by atomic mass is 32.2. The molecule has 0 radical (unpaired) electrons. The molecule has 0 heterocycles. The molecule has 0 aliphatic rings. The fourth-order valence-electron chi connectivity index (χ4n) is 1.72. The predicted molar refractivity (Wildman–Crippen MR) is 99.5 cm³/mol. The Morgan fingerprint density at radius 3 is 1.95 bits per heavy atom. The van der Waals surface area contributed by atoms with Gasteiger partial charge in [0.05, 0.1) is 0 Å². The maximum absolute atomic E-state index is 9.26. The van der Waals surface area contributed by atoms with Crippen LogP contribution in [0.5, 0.6) is 5.75 Å². The van der Waals surface area contributed by atoms with Crippen LogP contribution in [-0.2, 0) is 0 Å². The molecule has 21 heavy (non-hydrogen) atoms. The van der Waals surface area contributed by atoms with Crippen LogP contribution in [0.1, 0.15) is 12.5 Å². The van der Waals surface area contributed by atoms with Crippen LogP contribution < -0.4 is 0 Å². The summed E-state index contributed by atoms with van der Waals surface area (Å²) in [5, 5.41) is 9.26. The second kappa shape index (κ2) is 9.37. The lowest BCUT2D eigenvalue weighted by Crippen LogP contribution is -1.99. The number of rotatable bonds is 4. The van der Waals surface area contributed by atoms with Gasteiger partial charge in [-0.2, -0.15) is 11.8 Å². The van der Waals surface area contributed by atoms with Crippen LogP contribution in [0.4, 0.5) is 0 Å². The van der Waals surface area contributed by atoms with E-state index in [0.29, 0.717) is 0 Å². The van der Waals surface area contributed by atoms with Gasteiger partial charge in [0.15, 0.2) is 0 Å². The summed E-state index contributed by atoms with van der Waals surface area (Å²) >= 11 is 7.08. The average molecular weight is 316 g/mol. The molecule has 0 unspecified atom stereocenters. The Kier molecular flexibility index (Phi) is 7.80. The summed E-state index contributed by atoms with van der Waals surface area (Å²) in [5.74, 6) is 1.17. The third-order valence-electron chi connectivity index (χ3n) is 2.68. The van der Waals surface area contributed by atoms with Gasteiger partial charge in [0.25, 0.3) is 0 Å². The summed E-state index contributed by atoms with van der Waals surface area (Å²) in [6.45, 7) is 5.25. The molecule has 0 amide bonds. The Balaban J connectivity index is 0.000000677. The van der Waals surface area contributed by atoms with E-state index in [2.05, 4.69) is 37.1 Å². The summed E-state index contributed by atoms with van der Waals surface area (Å²) in [4.78, 5) is 0.986. The van der Waals surface area contributed by atoms with Crippen LogP contribution >= 0.6 is 24.0 Å². The molecule has 0 fully saturated rings. The fourth-order valence-corrected chi connectivity index (χ4v) is 2.64. The number of allylic oxidation sites excluding steroid dienone is 1. The number of hydrogen-bond acceptors (Lipinski definition) is 3. The monoisotopic (exact) mass is 316 g/mol. The Morgan fingerprint density at radius 1 is 1.10 bits per heavy atom. The molecule has 2 aromatic rings. The lowest BCUT2D eigenvalue weighted by Gasteiger charge is -2.05. The summed E-state index contributed by atoms with van der Waals surface area (Å²) in [5.41, 5.74) is 3.34. The zero-order chi connectivity index (χ0) is 15.7. The highest BCUT2D eigenvalue weighted by Gasteiger charge is 2.02. The highest BCUT2D eigenvalue weighted by molar-refractivity contribution is 8.00. The van der Waals surface area contributed by atoms with E-state index in [1.165, 1.54) is 0 Å². The molecule has 1 N–H and O–H groups in total. The molecule has 2 aromatic carbocycles. The highest BCUT2D eigenvalue weighted by Crippen LogP contribution is 2.22. The van der Waals surface area contributed by atoms with Crippen LogP contribution in [0.2, 0.25) is 0 Å². The SMILES string of the molecule is C=CC.CSCC(=S)c1ccc(-c2ccc(O)cc2)cc1. The average Bonchev–Trinajstić information content (AvgIpc) is 2.49. The van der Waals surface area contributed by atoms with Crippen molar-refractivity contribution < 1.29 is 5.11 Å². The van der Waals surface area contributed by atoms with Gasteiger partial charge in [0.2, 0.25) is 0 Å². The van der Waals surface area contributed by atoms with Gasteiger partial charge in [-0.1, -0.05) is 54.7 Å². The number of aromatic hydroxyl groups is 1. The minimum atomic E-state index is 0.288. The third kappa shape index (κ3) is 5.74. The van der Waals surface area contributed by atoms with Gasteiger partial charge in [-0.3, -0.25) is 0 Å². The normalized spacial score (nSPS) is 9.43. The second-order valence-electron chi connectivity index (χ2n) is 4.39. The Bertz CT molecular complexity index is 571. The van der Waals surface area contributed by atoms with E-state index < -0.39 is 0 Å². The largest absolute Gasteiger partial charge is 0.508 e. The van der Waals surface area contributed by atoms with Gasteiger partial charge < -0.3 is 5.11 Å². The quantitative estimate of drug-likeness (QED) is 0.467. The van der Waals surface area contributed by atoms with Crippen molar-refractivity contribution in [1.29, 1.82) is 0 Å². The van der Waals surface area contributed by atoms with Crippen molar-refractivity contribution in [2.45, 2.75) is 6.92 Å². The molecule has 0 aromatic heterocycles. The van der Waals surface area contributed by atoms with E-state index in [9.17, 15) is 5.11 Å². The Labute approximate surface area is 136 Å². The molecular weight excluding hydrogens is 296 g/mol. The van der Waals surface area contributed by atoms with E-state index in [-0.39, 0.29) is 5.75 Å². The van der Waals surface area contributed by atoms with Gasteiger partial charge >= 0.3 is 0 Å². The van der Waals surface area contributed by atoms with Crippen molar-refractivity contribution in [2.24, 2.45) is 0 Å². The van der Waals surface area contributed by atoms with E-state index >= 15 is 0 Å². The maximum atomic E-state index is 9.26. The molecule has 0 spiro atoms. The number of thiocarbonyl (C=S) groups is 1. The molecular formula is C18H20OS2. The van der Waals surface area contributed by atoms with Gasteiger partial charge in [-0.15, -0.1) is 6.58 Å². The molecule has 110 valence electrons. The maximum Gasteiger partial charge on any atom is 0.115 e. The number of benzene rings is 2. The molecule has 0 saturated carbocycles. The first-order valence-corrected chi connectivity index (χ1v) is 8.41.